The van der Waals surface area contributed by atoms with Gasteiger partial charge in [-0.3, -0.25) is 19.1 Å². The van der Waals surface area contributed by atoms with Gasteiger partial charge in [-0.1, -0.05) is 48.5 Å². The zero-order valence-electron chi connectivity index (χ0n) is 28.2. The molecule has 2 aliphatic heterocycles. The number of hydrogen-bond donors (Lipinski definition) is 3. The molecular formula is C36H43N5O7S2. The number of nitrogens with zero attached hydrogens (tertiary/aromatic N) is 2. The molecule has 2 saturated carbocycles. The Kier molecular flexibility index (Phi) is 9.50. The average Bonchev–Trinajstić information content (AvgIpc) is 3.98. The number of anilines is 1. The van der Waals surface area contributed by atoms with Gasteiger partial charge in [0.15, 0.2) is 0 Å². The summed E-state index contributed by atoms with van der Waals surface area (Å²) in [6, 6.07) is 11.7. The van der Waals surface area contributed by atoms with E-state index in [0.717, 1.165) is 47.2 Å². The fraction of sp³-hybridized carbons (Fsp3) is 0.500. The van der Waals surface area contributed by atoms with Crippen molar-refractivity contribution in [2.75, 3.05) is 19.0 Å². The van der Waals surface area contributed by atoms with E-state index >= 15 is 0 Å². The Morgan fingerprint density at radius 2 is 1.94 bits per heavy atom. The van der Waals surface area contributed by atoms with Gasteiger partial charge >= 0.3 is 0 Å². The number of allylic oxidation sites excluding steroid dienone is 1. The highest BCUT2D eigenvalue weighted by Gasteiger charge is 2.62. The van der Waals surface area contributed by atoms with Crippen LogP contribution in [-0.2, 0) is 24.4 Å². The quantitative estimate of drug-likeness (QED) is 0.286. The summed E-state index contributed by atoms with van der Waals surface area (Å²) in [7, 11) is -2.25. The van der Waals surface area contributed by atoms with Crippen LogP contribution in [0.2, 0.25) is 0 Å². The van der Waals surface area contributed by atoms with E-state index in [0.29, 0.717) is 30.2 Å². The van der Waals surface area contributed by atoms with Crippen molar-refractivity contribution in [2.24, 2.45) is 5.92 Å². The van der Waals surface area contributed by atoms with Gasteiger partial charge in [-0.2, -0.15) is 0 Å². The van der Waals surface area contributed by atoms with E-state index in [1.54, 1.807) is 12.0 Å². The Bertz CT molecular complexity index is 1930. The third kappa shape index (κ3) is 7.32. The number of amides is 3. The van der Waals surface area contributed by atoms with Crippen molar-refractivity contribution in [3.8, 4) is 10.9 Å². The number of methoxy groups -OCH3 is 1. The van der Waals surface area contributed by atoms with Crippen molar-refractivity contribution in [1.82, 2.24) is 19.9 Å². The Labute approximate surface area is 296 Å². The number of fused-ring (bicyclic) bond motifs is 3. The van der Waals surface area contributed by atoms with Crippen LogP contribution >= 0.6 is 11.3 Å². The van der Waals surface area contributed by atoms with Gasteiger partial charge in [-0.05, 0) is 75.3 Å². The second-order valence-electron chi connectivity index (χ2n) is 13.9. The molecule has 1 aromatic heterocycles. The van der Waals surface area contributed by atoms with Crippen molar-refractivity contribution >= 4 is 55.0 Å². The lowest BCUT2D eigenvalue weighted by atomic mass is 10.0. The Morgan fingerprint density at radius 3 is 2.74 bits per heavy atom. The molecule has 2 aromatic carbocycles. The van der Waals surface area contributed by atoms with Crippen LogP contribution < -0.4 is 24.8 Å². The minimum absolute atomic E-state index is 0.140. The van der Waals surface area contributed by atoms with Gasteiger partial charge in [0.2, 0.25) is 21.8 Å². The van der Waals surface area contributed by atoms with Crippen LogP contribution in [0, 0.1) is 12.8 Å². The lowest BCUT2D eigenvalue weighted by molar-refractivity contribution is -0.140. The van der Waals surface area contributed by atoms with Crippen molar-refractivity contribution in [2.45, 2.75) is 93.7 Å². The summed E-state index contributed by atoms with van der Waals surface area (Å²) in [5, 5.41) is 6.20. The van der Waals surface area contributed by atoms with Crippen LogP contribution in [-0.4, -0.2) is 78.7 Å². The molecule has 3 aromatic rings. The first-order valence-electron chi connectivity index (χ1n) is 17.3. The maximum atomic E-state index is 14.5. The minimum atomic E-state index is -3.84. The summed E-state index contributed by atoms with van der Waals surface area (Å²) >= 11 is 1.41. The van der Waals surface area contributed by atoms with Crippen LogP contribution in [0.3, 0.4) is 0 Å². The van der Waals surface area contributed by atoms with E-state index in [1.807, 2.05) is 61.5 Å². The van der Waals surface area contributed by atoms with Gasteiger partial charge < -0.3 is 25.0 Å². The van der Waals surface area contributed by atoms with Gasteiger partial charge in [0.05, 0.1) is 29.1 Å². The predicted molar refractivity (Wildman–Crippen MR) is 191 cm³/mol. The standard InChI is InChI=1S/C36H43N5O7S2/c1-22-13-16-28-31(17-22)49-35(38-28)48-26-19-30-32(42)39-36(34(44)40-50(45,46)27-14-15-27)20-23(36)9-6-4-3-5-7-12-29(33(43)41(30)21-26)37-24-10-8-11-25(18-24)47-2/h6,8-11,13,16-18,23,26-27,29-30,37H,3-5,7,12,14-15,19-21H2,1-2H3,(H,39,42)(H,40,44)/b9-6-/t23-,26-,29+,30+,36-/m1/s1. The smallest absolute Gasteiger partial charge is 0.274 e. The SMILES string of the molecule is COc1cccc(N[C@H]2CCCCC/C=C\[C@@H]3C[C@@]3(C(=O)NS(=O)(=O)C3CC3)NC(=O)[C@@H]3C[C@@H](Oc4nc5ccc(C)cc5s4)CN3C2=O)c1. The van der Waals surface area contributed by atoms with E-state index in [4.69, 9.17) is 9.47 Å². The summed E-state index contributed by atoms with van der Waals surface area (Å²) in [4.78, 5) is 48.7. The minimum Gasteiger partial charge on any atom is -0.497 e. The number of sulfonamides is 1. The normalized spacial score (nSPS) is 28.0. The van der Waals surface area contributed by atoms with Crippen LogP contribution in [0.5, 0.6) is 10.9 Å². The van der Waals surface area contributed by atoms with E-state index in [1.165, 1.54) is 11.3 Å². The highest BCUT2D eigenvalue weighted by atomic mass is 32.2. The van der Waals surface area contributed by atoms with Gasteiger partial charge in [-0.15, -0.1) is 0 Å². The fourth-order valence-corrected chi connectivity index (χ4v) is 9.31. The summed E-state index contributed by atoms with van der Waals surface area (Å²) in [5.41, 5.74) is 1.20. The number of ether oxygens (including phenoxy) is 2. The van der Waals surface area contributed by atoms with E-state index in [-0.39, 0.29) is 31.2 Å². The third-order valence-electron chi connectivity index (χ3n) is 10.0. The van der Waals surface area contributed by atoms with E-state index in [2.05, 4.69) is 20.3 Å². The molecule has 0 unspecified atom stereocenters. The second-order valence-corrected chi connectivity index (χ2v) is 16.8. The van der Waals surface area contributed by atoms with Gasteiger partial charge in [0, 0.05) is 24.1 Å². The molecule has 266 valence electrons. The molecule has 0 spiro atoms. The highest BCUT2D eigenvalue weighted by Crippen LogP contribution is 2.46. The summed E-state index contributed by atoms with van der Waals surface area (Å²) in [6.07, 6.45) is 8.69. The molecule has 3 fully saturated rings. The molecule has 50 heavy (non-hydrogen) atoms. The number of aryl methyl sites for hydroxylation is 1. The first-order chi connectivity index (χ1) is 24.0. The summed E-state index contributed by atoms with van der Waals surface area (Å²) in [5.74, 6) is -1.22. The molecule has 3 heterocycles. The number of rotatable bonds is 8. The molecule has 5 atom stereocenters. The van der Waals surface area contributed by atoms with Crippen molar-refractivity contribution in [3.05, 3.63) is 60.2 Å². The third-order valence-corrected chi connectivity index (χ3v) is 12.8. The Morgan fingerprint density at radius 1 is 1.10 bits per heavy atom. The molecule has 14 heteroatoms. The maximum Gasteiger partial charge on any atom is 0.274 e. The summed E-state index contributed by atoms with van der Waals surface area (Å²) in [6.45, 7) is 2.15. The summed E-state index contributed by atoms with van der Waals surface area (Å²) < 4.78 is 40.6. The maximum absolute atomic E-state index is 14.5. The zero-order valence-corrected chi connectivity index (χ0v) is 29.9. The van der Waals surface area contributed by atoms with Gasteiger partial charge in [0.25, 0.3) is 11.1 Å². The largest absolute Gasteiger partial charge is 0.497 e. The fourth-order valence-electron chi connectivity index (χ4n) is 6.97. The molecule has 3 N–H and O–H groups in total. The first-order valence-corrected chi connectivity index (χ1v) is 19.7. The molecule has 7 rings (SSSR count). The Hall–Kier alpha value is -4.17. The number of hydrogen-bond acceptors (Lipinski definition) is 10. The molecule has 1 saturated heterocycles. The molecule has 0 bridgehead atoms. The number of carbonyl (C=O) groups is 3. The number of benzene rings is 2. The lowest BCUT2D eigenvalue weighted by Gasteiger charge is -2.30. The molecule has 0 radical (unpaired) electrons. The second kappa shape index (κ2) is 13.9. The highest BCUT2D eigenvalue weighted by molar-refractivity contribution is 7.91. The first kappa shape index (κ1) is 34.3. The number of aromatic nitrogens is 1. The van der Waals surface area contributed by atoms with Crippen LogP contribution in [0.1, 0.15) is 63.4 Å². The van der Waals surface area contributed by atoms with Crippen LogP contribution in [0.15, 0.2) is 54.6 Å². The number of thiazole rings is 1. The zero-order chi connectivity index (χ0) is 35.0. The van der Waals surface area contributed by atoms with Crippen molar-refractivity contribution in [3.63, 3.8) is 0 Å². The number of nitrogens with one attached hydrogen (secondary N) is 3. The monoisotopic (exact) mass is 721 g/mol. The Balaban J connectivity index is 1.18. The van der Waals surface area contributed by atoms with Crippen molar-refractivity contribution in [1.29, 1.82) is 0 Å². The van der Waals surface area contributed by atoms with Gasteiger partial charge in [-0.25, -0.2) is 13.4 Å². The molecule has 12 nitrogen and oxygen atoms in total. The van der Waals surface area contributed by atoms with E-state index in [9.17, 15) is 22.8 Å². The molecule has 4 aliphatic rings. The van der Waals surface area contributed by atoms with Gasteiger partial charge in [0.1, 0.15) is 29.5 Å². The molecule has 2 aliphatic carbocycles. The predicted octanol–water partition coefficient (Wildman–Crippen LogP) is 4.45. The lowest BCUT2D eigenvalue weighted by Crippen LogP contribution is -2.57. The molecular weight excluding hydrogens is 679 g/mol. The van der Waals surface area contributed by atoms with Crippen LogP contribution in [0.4, 0.5) is 5.69 Å². The van der Waals surface area contributed by atoms with E-state index < -0.39 is 50.8 Å². The van der Waals surface area contributed by atoms with Crippen molar-refractivity contribution < 1.29 is 32.3 Å². The number of carbonyl (C=O) groups excluding carboxylic acids is 3. The molecule has 3 amide bonds. The average molecular weight is 722 g/mol. The van der Waals surface area contributed by atoms with Crippen LogP contribution in [0.25, 0.3) is 10.2 Å². The topological polar surface area (TPSA) is 156 Å².